The van der Waals surface area contributed by atoms with E-state index >= 15 is 0 Å². The van der Waals surface area contributed by atoms with Crippen molar-refractivity contribution in [2.75, 3.05) is 17.6 Å². The van der Waals surface area contributed by atoms with Crippen molar-refractivity contribution in [3.8, 4) is 5.75 Å². The van der Waals surface area contributed by atoms with E-state index in [0.29, 0.717) is 11.4 Å². The van der Waals surface area contributed by atoms with Gasteiger partial charge in [-0.3, -0.25) is 4.72 Å². The van der Waals surface area contributed by atoms with Crippen molar-refractivity contribution in [1.29, 1.82) is 0 Å². The summed E-state index contributed by atoms with van der Waals surface area (Å²) >= 11 is 11.8. The van der Waals surface area contributed by atoms with Gasteiger partial charge in [0.1, 0.15) is 10.6 Å². The number of benzene rings is 2. The molecule has 0 aliphatic carbocycles. The third-order valence-electron chi connectivity index (χ3n) is 2.67. The average Bonchev–Trinajstić information content (AvgIpc) is 2.40. The quantitative estimate of drug-likeness (QED) is 0.831. The van der Waals surface area contributed by atoms with Crippen molar-refractivity contribution in [3.63, 3.8) is 0 Å². The van der Waals surface area contributed by atoms with Gasteiger partial charge in [0.05, 0.1) is 28.5 Å². The van der Waals surface area contributed by atoms with Crippen LogP contribution in [0.2, 0.25) is 10.0 Å². The summed E-state index contributed by atoms with van der Waals surface area (Å²) in [5.74, 6) is 0.362. The molecule has 8 heteroatoms. The molecule has 0 amide bonds. The Hall–Kier alpha value is -1.63. The van der Waals surface area contributed by atoms with Crippen LogP contribution in [0.3, 0.4) is 0 Å². The Kier molecular flexibility index (Phi) is 4.51. The highest BCUT2D eigenvalue weighted by atomic mass is 35.5. The first-order valence-corrected chi connectivity index (χ1v) is 7.99. The maximum absolute atomic E-state index is 12.4. The molecule has 0 saturated heterocycles. The van der Waals surface area contributed by atoms with Gasteiger partial charge in [0.2, 0.25) is 0 Å². The minimum Gasteiger partial charge on any atom is -0.495 e. The first-order valence-electron chi connectivity index (χ1n) is 5.75. The lowest BCUT2D eigenvalue weighted by atomic mass is 10.2. The molecule has 0 aromatic heterocycles. The van der Waals surface area contributed by atoms with E-state index in [2.05, 4.69) is 4.72 Å². The van der Waals surface area contributed by atoms with Crippen molar-refractivity contribution in [2.24, 2.45) is 0 Å². The third kappa shape index (κ3) is 3.34. The maximum atomic E-state index is 12.4. The largest absolute Gasteiger partial charge is 0.495 e. The number of hydrogen-bond donors (Lipinski definition) is 2. The lowest BCUT2D eigenvalue weighted by Crippen LogP contribution is -2.14. The van der Waals surface area contributed by atoms with Crippen LogP contribution in [0.15, 0.2) is 41.3 Å². The van der Waals surface area contributed by atoms with E-state index in [0.717, 1.165) is 0 Å². The van der Waals surface area contributed by atoms with Crippen LogP contribution >= 0.6 is 23.2 Å². The van der Waals surface area contributed by atoms with E-state index in [1.807, 2.05) is 0 Å². The van der Waals surface area contributed by atoms with Gasteiger partial charge in [0.15, 0.2) is 0 Å². The number of anilines is 2. The predicted molar refractivity (Wildman–Crippen MR) is 84.7 cm³/mol. The average molecular weight is 347 g/mol. The van der Waals surface area contributed by atoms with Gasteiger partial charge in [-0.15, -0.1) is 0 Å². The molecule has 0 aliphatic rings. The fraction of sp³-hybridized carbons (Fsp3) is 0.0769. The van der Waals surface area contributed by atoms with Crippen molar-refractivity contribution >= 4 is 44.6 Å². The second kappa shape index (κ2) is 6.01. The predicted octanol–water partition coefficient (Wildman–Crippen LogP) is 3.39. The summed E-state index contributed by atoms with van der Waals surface area (Å²) in [7, 11) is -2.48. The van der Waals surface area contributed by atoms with Gasteiger partial charge in [0, 0.05) is 6.07 Å². The van der Waals surface area contributed by atoms with Gasteiger partial charge in [-0.1, -0.05) is 29.3 Å². The molecular formula is C13H12Cl2N2O3S. The molecule has 0 radical (unpaired) electrons. The Morgan fingerprint density at radius 1 is 1.14 bits per heavy atom. The molecule has 0 fully saturated rings. The fourth-order valence-electron chi connectivity index (χ4n) is 1.72. The zero-order valence-corrected chi connectivity index (χ0v) is 13.3. The molecule has 2 aromatic rings. The molecule has 21 heavy (non-hydrogen) atoms. The molecule has 3 N–H and O–H groups in total. The number of rotatable bonds is 4. The molecule has 0 atom stereocenters. The number of hydrogen-bond acceptors (Lipinski definition) is 4. The summed E-state index contributed by atoms with van der Waals surface area (Å²) in [5.41, 5.74) is 6.37. The highest BCUT2D eigenvalue weighted by Crippen LogP contribution is 2.32. The molecule has 5 nitrogen and oxygen atoms in total. The Labute approximate surface area is 132 Å². The van der Waals surface area contributed by atoms with Crippen molar-refractivity contribution in [3.05, 3.63) is 46.4 Å². The van der Waals surface area contributed by atoms with Gasteiger partial charge >= 0.3 is 0 Å². The highest BCUT2D eigenvalue weighted by Gasteiger charge is 2.21. The van der Waals surface area contributed by atoms with Crippen LogP contribution in [-0.2, 0) is 10.0 Å². The molecule has 112 valence electrons. The smallest absolute Gasteiger partial charge is 0.264 e. The van der Waals surface area contributed by atoms with E-state index in [1.54, 1.807) is 6.07 Å². The molecule has 0 bridgehead atoms. The lowest BCUT2D eigenvalue weighted by molar-refractivity contribution is 0.417. The number of methoxy groups -OCH3 is 1. The summed E-state index contributed by atoms with van der Waals surface area (Å²) in [6.45, 7) is 0. The van der Waals surface area contributed by atoms with Crippen molar-refractivity contribution in [1.82, 2.24) is 0 Å². The summed E-state index contributed by atoms with van der Waals surface area (Å²) < 4.78 is 32.2. The number of nitrogens with one attached hydrogen (secondary N) is 1. The molecular weight excluding hydrogens is 335 g/mol. The van der Waals surface area contributed by atoms with Crippen LogP contribution in [0.25, 0.3) is 0 Å². The Bertz CT molecular complexity index is 759. The zero-order valence-electron chi connectivity index (χ0n) is 10.9. The minimum atomic E-state index is -3.92. The van der Waals surface area contributed by atoms with E-state index in [1.165, 1.54) is 37.4 Å². The fourth-order valence-corrected chi connectivity index (χ4v) is 3.92. The SMILES string of the molecule is COc1cc(NS(=O)(=O)c2c(Cl)cccc2Cl)ccc1N. The molecule has 0 unspecified atom stereocenters. The topological polar surface area (TPSA) is 81.4 Å². The van der Waals surface area contributed by atoms with Crippen LogP contribution in [0.1, 0.15) is 0 Å². The maximum Gasteiger partial charge on any atom is 0.264 e. The van der Waals surface area contributed by atoms with E-state index in [4.69, 9.17) is 33.7 Å². The van der Waals surface area contributed by atoms with Crippen molar-refractivity contribution < 1.29 is 13.2 Å². The first kappa shape index (κ1) is 15.8. The minimum absolute atomic E-state index is 0.0393. The molecule has 0 aliphatic heterocycles. The standard InChI is InChI=1S/C13H12Cl2N2O3S/c1-20-12-7-8(5-6-11(12)16)17-21(18,19)13-9(14)3-2-4-10(13)15/h2-7,17H,16H2,1H3. The normalized spacial score (nSPS) is 11.2. The number of nitrogens with two attached hydrogens (primary N) is 1. The Balaban J connectivity index is 2.43. The number of nitrogen functional groups attached to an aromatic ring is 1. The third-order valence-corrected chi connectivity index (χ3v) is 5.01. The molecule has 2 rings (SSSR count). The monoisotopic (exact) mass is 346 g/mol. The summed E-state index contributed by atoms with van der Waals surface area (Å²) in [5, 5.41) is 0.0785. The Morgan fingerprint density at radius 2 is 1.76 bits per heavy atom. The van der Waals surface area contributed by atoms with Gasteiger partial charge in [-0.05, 0) is 24.3 Å². The zero-order chi connectivity index (χ0) is 15.6. The van der Waals surface area contributed by atoms with Crippen LogP contribution in [0.5, 0.6) is 5.75 Å². The second-order valence-corrected chi connectivity index (χ2v) is 6.55. The van der Waals surface area contributed by atoms with E-state index in [9.17, 15) is 8.42 Å². The summed E-state index contributed by atoms with van der Waals surface area (Å²) in [4.78, 5) is -0.177. The first-order chi connectivity index (χ1) is 9.85. The van der Waals surface area contributed by atoms with Gasteiger partial charge < -0.3 is 10.5 Å². The van der Waals surface area contributed by atoms with Crippen LogP contribution in [0.4, 0.5) is 11.4 Å². The highest BCUT2D eigenvalue weighted by molar-refractivity contribution is 7.93. The van der Waals surface area contributed by atoms with Gasteiger partial charge in [-0.2, -0.15) is 0 Å². The Morgan fingerprint density at radius 3 is 2.33 bits per heavy atom. The van der Waals surface area contributed by atoms with Crippen LogP contribution in [0, 0.1) is 0 Å². The van der Waals surface area contributed by atoms with Crippen LogP contribution in [-0.4, -0.2) is 15.5 Å². The molecule has 2 aromatic carbocycles. The number of sulfonamides is 1. The molecule has 0 saturated carbocycles. The van der Waals surface area contributed by atoms with Crippen LogP contribution < -0.4 is 15.2 Å². The number of ether oxygens (including phenoxy) is 1. The second-order valence-electron chi connectivity index (χ2n) is 4.11. The molecule has 0 spiro atoms. The molecule has 0 heterocycles. The summed E-state index contributed by atoms with van der Waals surface area (Å²) in [6, 6.07) is 8.98. The number of halogens is 2. The van der Waals surface area contributed by atoms with Gasteiger partial charge in [-0.25, -0.2) is 8.42 Å². The lowest BCUT2D eigenvalue weighted by Gasteiger charge is -2.12. The summed E-state index contributed by atoms with van der Waals surface area (Å²) in [6.07, 6.45) is 0. The van der Waals surface area contributed by atoms with Crippen molar-refractivity contribution in [2.45, 2.75) is 4.90 Å². The van der Waals surface area contributed by atoms with E-state index in [-0.39, 0.29) is 20.6 Å². The van der Waals surface area contributed by atoms with E-state index < -0.39 is 10.0 Å². The van der Waals surface area contributed by atoms with Gasteiger partial charge in [0.25, 0.3) is 10.0 Å².